The number of thioether (sulfide) groups is 1. The number of benzene rings is 2. The van der Waals surface area contributed by atoms with Crippen LogP contribution in [0.25, 0.3) is 0 Å². The summed E-state index contributed by atoms with van der Waals surface area (Å²) in [5.74, 6) is 0.589. The fraction of sp³-hybridized carbons (Fsp3) is 0.440. The van der Waals surface area contributed by atoms with Crippen LogP contribution >= 0.6 is 11.8 Å². The maximum absolute atomic E-state index is 13.1. The fourth-order valence-corrected chi connectivity index (χ4v) is 3.93. The van der Waals surface area contributed by atoms with Gasteiger partial charge in [-0.2, -0.15) is 0 Å². The topological polar surface area (TPSA) is 49.4 Å². The lowest BCUT2D eigenvalue weighted by molar-refractivity contribution is -0.140. The molecule has 0 heterocycles. The molecule has 0 aliphatic rings. The van der Waals surface area contributed by atoms with Crippen LogP contribution in [0.1, 0.15) is 50.3 Å². The second-order valence-electron chi connectivity index (χ2n) is 7.92. The lowest BCUT2D eigenvalue weighted by atomic mass is 10.1. The number of nitrogens with one attached hydrogen (secondary N) is 1. The van der Waals surface area contributed by atoms with Gasteiger partial charge >= 0.3 is 0 Å². The molecule has 30 heavy (non-hydrogen) atoms. The molecule has 5 heteroatoms. The summed E-state index contributed by atoms with van der Waals surface area (Å²) in [6.07, 6.45) is 1.25. The Labute approximate surface area is 185 Å². The number of aryl methyl sites for hydroxylation is 2. The fourth-order valence-electron chi connectivity index (χ4n) is 3.09. The summed E-state index contributed by atoms with van der Waals surface area (Å²) >= 11 is 1.67. The molecule has 0 saturated carbocycles. The van der Waals surface area contributed by atoms with E-state index in [1.807, 2.05) is 45.9 Å². The lowest BCUT2D eigenvalue weighted by Gasteiger charge is -2.30. The van der Waals surface area contributed by atoms with Crippen LogP contribution in [0.3, 0.4) is 0 Å². The molecule has 2 aromatic carbocycles. The van der Waals surface area contributed by atoms with Gasteiger partial charge in [0.1, 0.15) is 6.04 Å². The van der Waals surface area contributed by atoms with Crippen molar-refractivity contribution in [2.24, 2.45) is 0 Å². The zero-order chi connectivity index (χ0) is 22.1. The Morgan fingerprint density at radius 2 is 1.73 bits per heavy atom. The molecule has 4 nitrogen and oxygen atoms in total. The van der Waals surface area contributed by atoms with Gasteiger partial charge in [0.2, 0.25) is 11.8 Å². The van der Waals surface area contributed by atoms with Crippen LogP contribution in [-0.4, -0.2) is 34.6 Å². The summed E-state index contributed by atoms with van der Waals surface area (Å²) < 4.78 is 0. The standard InChI is InChI=1S/C25H34N2O2S/c1-6-20(4)26-25(29)21(5)27(17-22-9-7-8-19(3)16-22)24(28)14-15-30-23-12-10-18(2)11-13-23/h7-13,16,20-21H,6,14-15,17H2,1-5H3,(H,26,29)/t20-,21-/m0/s1. The van der Waals surface area contributed by atoms with Crippen LogP contribution in [0.15, 0.2) is 53.4 Å². The molecule has 0 saturated heterocycles. The van der Waals surface area contributed by atoms with Crippen LogP contribution in [0.4, 0.5) is 0 Å². The van der Waals surface area contributed by atoms with Gasteiger partial charge in [0.15, 0.2) is 0 Å². The van der Waals surface area contributed by atoms with Crippen molar-refractivity contribution in [3.05, 3.63) is 65.2 Å². The maximum Gasteiger partial charge on any atom is 0.242 e. The van der Waals surface area contributed by atoms with Gasteiger partial charge in [-0.05, 0) is 51.8 Å². The first-order valence-corrected chi connectivity index (χ1v) is 11.6. The Bertz CT molecular complexity index is 835. The number of carbonyl (C=O) groups is 2. The summed E-state index contributed by atoms with van der Waals surface area (Å²) in [5, 5.41) is 3.01. The SMILES string of the molecule is CC[C@H](C)NC(=O)[C@H](C)N(Cc1cccc(C)c1)C(=O)CCSc1ccc(C)cc1. The van der Waals surface area contributed by atoms with Gasteiger partial charge in [-0.25, -0.2) is 0 Å². The van der Waals surface area contributed by atoms with Crippen LogP contribution in [-0.2, 0) is 16.1 Å². The van der Waals surface area contributed by atoms with Crippen molar-refractivity contribution in [3.63, 3.8) is 0 Å². The molecule has 0 aromatic heterocycles. The normalized spacial score (nSPS) is 12.8. The number of carbonyl (C=O) groups excluding carboxylic acids is 2. The summed E-state index contributed by atoms with van der Waals surface area (Å²) in [4.78, 5) is 28.7. The van der Waals surface area contributed by atoms with E-state index in [1.165, 1.54) is 5.56 Å². The molecule has 0 spiro atoms. The van der Waals surface area contributed by atoms with Gasteiger partial charge in [-0.3, -0.25) is 9.59 Å². The highest BCUT2D eigenvalue weighted by atomic mass is 32.2. The van der Waals surface area contributed by atoms with Gasteiger partial charge in [0.05, 0.1) is 0 Å². The van der Waals surface area contributed by atoms with E-state index < -0.39 is 6.04 Å². The van der Waals surface area contributed by atoms with Gasteiger partial charge in [-0.1, -0.05) is 54.4 Å². The maximum atomic E-state index is 13.1. The Morgan fingerprint density at radius 3 is 2.37 bits per heavy atom. The third-order valence-corrected chi connectivity index (χ3v) is 6.22. The Balaban J connectivity index is 2.07. The molecule has 0 aliphatic heterocycles. The van der Waals surface area contributed by atoms with Crippen LogP contribution in [0, 0.1) is 13.8 Å². The molecule has 0 fully saturated rings. The van der Waals surface area contributed by atoms with Crippen molar-refractivity contribution in [1.82, 2.24) is 10.2 Å². The van der Waals surface area contributed by atoms with E-state index in [0.717, 1.165) is 22.4 Å². The van der Waals surface area contributed by atoms with E-state index in [-0.39, 0.29) is 17.9 Å². The minimum atomic E-state index is -0.517. The highest BCUT2D eigenvalue weighted by molar-refractivity contribution is 7.99. The molecule has 0 bridgehead atoms. The average Bonchev–Trinajstić information content (AvgIpc) is 2.72. The molecule has 1 N–H and O–H groups in total. The molecular formula is C25H34N2O2S. The number of amides is 2. The summed E-state index contributed by atoms with van der Waals surface area (Å²) in [6, 6.07) is 16.0. The number of hydrogen-bond donors (Lipinski definition) is 1. The number of hydrogen-bond acceptors (Lipinski definition) is 3. The van der Waals surface area contributed by atoms with Crippen molar-refractivity contribution in [3.8, 4) is 0 Å². The third-order valence-electron chi connectivity index (χ3n) is 5.21. The van der Waals surface area contributed by atoms with E-state index >= 15 is 0 Å². The van der Waals surface area contributed by atoms with Crippen LogP contribution in [0.2, 0.25) is 0 Å². The van der Waals surface area contributed by atoms with Gasteiger partial charge < -0.3 is 10.2 Å². The Hall–Kier alpha value is -2.27. The van der Waals surface area contributed by atoms with Crippen molar-refractivity contribution < 1.29 is 9.59 Å². The quantitative estimate of drug-likeness (QED) is 0.537. The van der Waals surface area contributed by atoms with E-state index in [1.54, 1.807) is 16.7 Å². The summed E-state index contributed by atoms with van der Waals surface area (Å²) in [7, 11) is 0. The molecule has 2 rings (SSSR count). The zero-order valence-corrected chi connectivity index (χ0v) is 19.6. The minimum Gasteiger partial charge on any atom is -0.352 e. The molecule has 2 aromatic rings. The zero-order valence-electron chi connectivity index (χ0n) is 18.8. The second-order valence-corrected chi connectivity index (χ2v) is 9.08. The average molecular weight is 427 g/mol. The predicted octanol–water partition coefficient (Wildman–Crippen LogP) is 5.12. The van der Waals surface area contributed by atoms with E-state index in [2.05, 4.69) is 42.6 Å². The molecule has 0 unspecified atom stereocenters. The predicted molar refractivity (Wildman–Crippen MR) is 126 cm³/mol. The lowest BCUT2D eigenvalue weighted by Crippen LogP contribution is -2.49. The molecule has 0 aliphatic carbocycles. The first-order valence-electron chi connectivity index (χ1n) is 10.6. The number of rotatable bonds is 10. The van der Waals surface area contributed by atoms with Crippen LogP contribution in [0.5, 0.6) is 0 Å². The summed E-state index contributed by atoms with van der Waals surface area (Å²) in [5.41, 5.74) is 3.41. The van der Waals surface area contributed by atoms with Gasteiger partial charge in [0.25, 0.3) is 0 Å². The molecular weight excluding hydrogens is 392 g/mol. The van der Waals surface area contributed by atoms with Crippen molar-refractivity contribution >= 4 is 23.6 Å². The highest BCUT2D eigenvalue weighted by Crippen LogP contribution is 2.20. The second kappa shape index (κ2) is 11.8. The monoisotopic (exact) mass is 426 g/mol. The molecule has 0 radical (unpaired) electrons. The summed E-state index contributed by atoms with van der Waals surface area (Å²) in [6.45, 7) is 10.4. The van der Waals surface area contributed by atoms with E-state index in [4.69, 9.17) is 0 Å². The van der Waals surface area contributed by atoms with Gasteiger partial charge in [-0.15, -0.1) is 11.8 Å². The molecule has 2 atom stereocenters. The number of nitrogens with zero attached hydrogens (tertiary/aromatic N) is 1. The smallest absolute Gasteiger partial charge is 0.242 e. The van der Waals surface area contributed by atoms with E-state index in [9.17, 15) is 9.59 Å². The Morgan fingerprint density at radius 1 is 1.03 bits per heavy atom. The highest BCUT2D eigenvalue weighted by Gasteiger charge is 2.26. The van der Waals surface area contributed by atoms with Crippen molar-refractivity contribution in [2.45, 2.75) is 71.0 Å². The third kappa shape index (κ3) is 7.52. The van der Waals surface area contributed by atoms with Crippen molar-refractivity contribution in [1.29, 1.82) is 0 Å². The molecule has 2 amide bonds. The van der Waals surface area contributed by atoms with E-state index in [0.29, 0.717) is 18.7 Å². The van der Waals surface area contributed by atoms with Crippen molar-refractivity contribution in [2.75, 3.05) is 5.75 Å². The first kappa shape index (κ1) is 24.0. The van der Waals surface area contributed by atoms with Crippen LogP contribution < -0.4 is 5.32 Å². The largest absolute Gasteiger partial charge is 0.352 e. The minimum absolute atomic E-state index is 0.00270. The van der Waals surface area contributed by atoms with Gasteiger partial charge in [0, 0.05) is 29.7 Å². The molecule has 162 valence electrons. The Kier molecular flexibility index (Phi) is 9.44. The first-order chi connectivity index (χ1) is 14.3.